The lowest BCUT2D eigenvalue weighted by molar-refractivity contribution is 0.0526. The second kappa shape index (κ2) is 5.81. The molecule has 3 aromatic rings. The monoisotopic (exact) mass is 313 g/mol. The average Bonchev–Trinajstić information content (AvgIpc) is 3.00. The minimum atomic E-state index is -1.29. The van der Waals surface area contributed by atoms with E-state index in [9.17, 15) is 14.3 Å². The Bertz CT molecular complexity index is 840. The number of amides is 1. The summed E-state index contributed by atoms with van der Waals surface area (Å²) in [6.45, 7) is 1.59. The minimum Gasteiger partial charge on any atom is -0.384 e. The number of imidazole rings is 1. The highest BCUT2D eigenvalue weighted by Crippen LogP contribution is 2.20. The summed E-state index contributed by atoms with van der Waals surface area (Å²) >= 11 is 0. The van der Waals surface area contributed by atoms with Crippen LogP contribution in [0, 0.1) is 5.82 Å². The van der Waals surface area contributed by atoms with Crippen LogP contribution in [0.2, 0.25) is 0 Å². The second-order valence-corrected chi connectivity index (χ2v) is 5.60. The van der Waals surface area contributed by atoms with E-state index in [0.29, 0.717) is 11.1 Å². The molecule has 1 unspecified atom stereocenters. The van der Waals surface area contributed by atoms with Gasteiger partial charge >= 0.3 is 0 Å². The van der Waals surface area contributed by atoms with E-state index in [1.807, 2.05) is 0 Å². The van der Waals surface area contributed by atoms with Gasteiger partial charge in [-0.05, 0) is 36.8 Å². The summed E-state index contributed by atoms with van der Waals surface area (Å²) in [7, 11) is 0. The van der Waals surface area contributed by atoms with E-state index in [-0.39, 0.29) is 18.3 Å². The molecule has 118 valence electrons. The maximum Gasteiger partial charge on any atom is 0.251 e. The Morgan fingerprint density at radius 2 is 2.09 bits per heavy atom. The fourth-order valence-electron chi connectivity index (χ4n) is 2.33. The summed E-state index contributed by atoms with van der Waals surface area (Å²) in [6.07, 6.45) is 5.05. The molecule has 23 heavy (non-hydrogen) atoms. The highest BCUT2D eigenvalue weighted by molar-refractivity contribution is 5.95. The highest BCUT2D eigenvalue weighted by Gasteiger charge is 2.24. The highest BCUT2D eigenvalue weighted by atomic mass is 19.1. The van der Waals surface area contributed by atoms with Gasteiger partial charge in [-0.25, -0.2) is 9.37 Å². The SMILES string of the molecule is CC(O)(CNC(=O)c1ccn2cncc2c1)c1ccc(F)cc1. The summed E-state index contributed by atoms with van der Waals surface area (Å²) < 4.78 is 14.7. The first-order valence-electron chi connectivity index (χ1n) is 7.14. The van der Waals surface area contributed by atoms with E-state index < -0.39 is 5.60 Å². The third-order valence-electron chi connectivity index (χ3n) is 3.74. The van der Waals surface area contributed by atoms with Crippen molar-refractivity contribution >= 4 is 11.4 Å². The second-order valence-electron chi connectivity index (χ2n) is 5.60. The van der Waals surface area contributed by atoms with Crippen LogP contribution in [0.3, 0.4) is 0 Å². The Labute approximate surface area is 132 Å². The van der Waals surface area contributed by atoms with Gasteiger partial charge in [-0.2, -0.15) is 0 Å². The van der Waals surface area contributed by atoms with Crippen LogP contribution in [-0.2, 0) is 5.60 Å². The lowest BCUT2D eigenvalue weighted by Gasteiger charge is -2.24. The van der Waals surface area contributed by atoms with Crippen molar-refractivity contribution in [2.45, 2.75) is 12.5 Å². The maximum atomic E-state index is 13.0. The zero-order chi connectivity index (χ0) is 16.4. The molecule has 0 bridgehead atoms. The number of hydrogen-bond acceptors (Lipinski definition) is 3. The van der Waals surface area contributed by atoms with Crippen molar-refractivity contribution in [2.24, 2.45) is 0 Å². The molecule has 2 heterocycles. The van der Waals surface area contributed by atoms with Crippen LogP contribution in [0.4, 0.5) is 4.39 Å². The smallest absolute Gasteiger partial charge is 0.251 e. The average molecular weight is 313 g/mol. The Kier molecular flexibility index (Phi) is 3.83. The molecule has 0 aliphatic heterocycles. The number of fused-ring (bicyclic) bond motifs is 1. The predicted octanol–water partition coefficient (Wildman–Crippen LogP) is 2.11. The Balaban J connectivity index is 1.71. The fourth-order valence-corrected chi connectivity index (χ4v) is 2.33. The Hall–Kier alpha value is -2.73. The van der Waals surface area contributed by atoms with E-state index in [1.54, 1.807) is 42.2 Å². The molecule has 0 fully saturated rings. The van der Waals surface area contributed by atoms with Gasteiger partial charge in [-0.1, -0.05) is 12.1 Å². The Morgan fingerprint density at radius 3 is 2.83 bits per heavy atom. The summed E-state index contributed by atoms with van der Waals surface area (Å²) in [4.78, 5) is 16.2. The zero-order valence-electron chi connectivity index (χ0n) is 12.5. The molecule has 0 aliphatic rings. The zero-order valence-corrected chi connectivity index (χ0v) is 12.5. The molecule has 1 amide bonds. The van der Waals surface area contributed by atoms with Gasteiger partial charge in [0.1, 0.15) is 11.4 Å². The fraction of sp³-hybridized carbons (Fsp3) is 0.176. The number of nitrogens with one attached hydrogen (secondary N) is 1. The molecular weight excluding hydrogens is 297 g/mol. The van der Waals surface area contributed by atoms with Crippen molar-refractivity contribution in [1.82, 2.24) is 14.7 Å². The summed E-state index contributed by atoms with van der Waals surface area (Å²) in [5.41, 5.74) is 0.533. The van der Waals surface area contributed by atoms with E-state index in [0.717, 1.165) is 5.52 Å². The van der Waals surface area contributed by atoms with Gasteiger partial charge in [-0.3, -0.25) is 4.79 Å². The molecule has 2 N–H and O–H groups in total. The number of benzene rings is 1. The van der Waals surface area contributed by atoms with Crippen molar-refractivity contribution in [3.05, 3.63) is 72.1 Å². The van der Waals surface area contributed by atoms with E-state index in [1.165, 1.54) is 24.3 Å². The van der Waals surface area contributed by atoms with Crippen molar-refractivity contribution < 1.29 is 14.3 Å². The van der Waals surface area contributed by atoms with Crippen molar-refractivity contribution in [3.63, 3.8) is 0 Å². The van der Waals surface area contributed by atoms with Gasteiger partial charge in [0.15, 0.2) is 0 Å². The third kappa shape index (κ3) is 3.22. The maximum absolute atomic E-state index is 13.0. The largest absolute Gasteiger partial charge is 0.384 e. The molecule has 1 aromatic carbocycles. The molecule has 1 atom stereocenters. The molecule has 6 heteroatoms. The van der Waals surface area contributed by atoms with Gasteiger partial charge in [0.25, 0.3) is 5.91 Å². The minimum absolute atomic E-state index is 0.0158. The van der Waals surface area contributed by atoms with Gasteiger partial charge in [0.05, 0.1) is 24.6 Å². The first kappa shape index (κ1) is 15.2. The van der Waals surface area contributed by atoms with Crippen LogP contribution in [-0.4, -0.2) is 26.9 Å². The molecule has 0 aliphatic carbocycles. The van der Waals surface area contributed by atoms with Crippen LogP contribution in [0.1, 0.15) is 22.8 Å². The van der Waals surface area contributed by atoms with Crippen molar-refractivity contribution in [1.29, 1.82) is 0 Å². The van der Waals surface area contributed by atoms with Crippen LogP contribution in [0.5, 0.6) is 0 Å². The lowest BCUT2D eigenvalue weighted by atomic mass is 9.96. The number of nitrogens with zero attached hydrogens (tertiary/aromatic N) is 2. The molecule has 5 nitrogen and oxygen atoms in total. The predicted molar refractivity (Wildman–Crippen MR) is 83.5 cm³/mol. The first-order chi connectivity index (χ1) is 11.0. The third-order valence-corrected chi connectivity index (χ3v) is 3.74. The summed E-state index contributed by atoms with van der Waals surface area (Å²) in [5, 5.41) is 13.2. The molecule has 2 aromatic heterocycles. The molecule has 0 spiro atoms. The summed E-state index contributed by atoms with van der Waals surface area (Å²) in [5.74, 6) is -0.668. The lowest BCUT2D eigenvalue weighted by Crippen LogP contribution is -2.38. The molecule has 3 rings (SSSR count). The number of carbonyl (C=O) groups is 1. The van der Waals surface area contributed by atoms with Crippen LogP contribution >= 0.6 is 0 Å². The Morgan fingerprint density at radius 1 is 1.35 bits per heavy atom. The number of aliphatic hydroxyl groups is 1. The van der Waals surface area contributed by atoms with Gasteiger partial charge in [0.2, 0.25) is 0 Å². The van der Waals surface area contributed by atoms with Crippen molar-refractivity contribution in [3.8, 4) is 0 Å². The quantitative estimate of drug-likeness (QED) is 0.775. The number of aromatic nitrogens is 2. The topological polar surface area (TPSA) is 66.6 Å². The number of hydrogen-bond donors (Lipinski definition) is 2. The van der Waals surface area contributed by atoms with Crippen molar-refractivity contribution in [2.75, 3.05) is 6.54 Å². The molecule has 0 saturated heterocycles. The molecule has 0 saturated carbocycles. The normalized spacial score (nSPS) is 13.7. The van der Waals surface area contributed by atoms with E-state index in [2.05, 4.69) is 10.3 Å². The van der Waals surface area contributed by atoms with Crippen LogP contribution in [0.25, 0.3) is 5.52 Å². The van der Waals surface area contributed by atoms with Crippen LogP contribution in [0.15, 0.2) is 55.1 Å². The standard InChI is InChI=1S/C17H16FN3O2/c1-17(23,13-2-4-14(18)5-3-13)10-20-16(22)12-6-7-21-11-19-9-15(21)8-12/h2-9,11,23H,10H2,1H3,(H,20,22). The van der Waals surface area contributed by atoms with Crippen LogP contribution < -0.4 is 5.32 Å². The first-order valence-corrected chi connectivity index (χ1v) is 7.14. The van der Waals surface area contributed by atoms with E-state index >= 15 is 0 Å². The van der Waals surface area contributed by atoms with Gasteiger partial charge in [-0.15, -0.1) is 0 Å². The van der Waals surface area contributed by atoms with Gasteiger partial charge < -0.3 is 14.8 Å². The number of halogens is 1. The molecule has 0 radical (unpaired) electrons. The number of rotatable bonds is 4. The number of pyridine rings is 1. The van der Waals surface area contributed by atoms with E-state index in [4.69, 9.17) is 0 Å². The number of carbonyl (C=O) groups excluding carboxylic acids is 1. The summed E-state index contributed by atoms with van der Waals surface area (Å²) in [6, 6.07) is 8.95. The van der Waals surface area contributed by atoms with Gasteiger partial charge in [0, 0.05) is 11.8 Å². The molecular formula is C17H16FN3O2.